The molecule has 8 nitrogen and oxygen atoms in total. The summed E-state index contributed by atoms with van der Waals surface area (Å²) in [7, 11) is 1.59. The molecule has 0 N–H and O–H groups in total. The van der Waals surface area contributed by atoms with Crippen LogP contribution in [0.2, 0.25) is 0 Å². The van der Waals surface area contributed by atoms with Crippen molar-refractivity contribution in [3.8, 4) is 23.0 Å². The first-order valence-electron chi connectivity index (χ1n) is 13.1. The average Bonchev–Trinajstić information content (AvgIpc) is 3.44. The number of rotatable bonds is 7. The second kappa shape index (κ2) is 11.1. The number of methoxy groups -OCH3 is 1. The van der Waals surface area contributed by atoms with Crippen molar-refractivity contribution in [3.05, 3.63) is 86.4 Å². The molecule has 0 amide bonds. The molecule has 1 aliphatic carbocycles. The fourth-order valence-corrected chi connectivity index (χ4v) is 5.63. The van der Waals surface area contributed by atoms with Crippen LogP contribution in [0.15, 0.2) is 69.0 Å². The van der Waals surface area contributed by atoms with E-state index in [0.717, 1.165) is 41.5 Å². The van der Waals surface area contributed by atoms with Gasteiger partial charge in [-0.3, -0.25) is 4.79 Å². The molecule has 200 valence electrons. The van der Waals surface area contributed by atoms with E-state index in [2.05, 4.69) is 15.9 Å². The fourth-order valence-electron chi connectivity index (χ4n) is 5.17. The standard InChI is InChI=1S/C30H28BrN3O5/c1-36-27-15-22(31)14-21(28(27)37-17-19-11-12-25-26(13-19)39-18-38-25)16-32-34-29(20-7-3-2-4-8-20)33-24-10-6-5-9-23(24)30(34)35/h5-6,9-16,20H,2-4,7-8,17-18H2,1H3. The summed E-state index contributed by atoms with van der Waals surface area (Å²) in [5.74, 6) is 3.37. The number of benzene rings is 3. The maximum atomic E-state index is 13.6. The molecule has 0 unspecified atom stereocenters. The highest BCUT2D eigenvalue weighted by molar-refractivity contribution is 9.10. The van der Waals surface area contributed by atoms with Crippen LogP contribution in [0.3, 0.4) is 0 Å². The second-order valence-corrected chi connectivity index (χ2v) is 10.6. The molecule has 2 heterocycles. The molecule has 3 aromatic carbocycles. The minimum Gasteiger partial charge on any atom is -0.493 e. The Hall–Kier alpha value is -3.85. The summed E-state index contributed by atoms with van der Waals surface area (Å²) in [6.45, 7) is 0.493. The van der Waals surface area contributed by atoms with Crippen LogP contribution >= 0.6 is 15.9 Å². The number of ether oxygens (including phenoxy) is 4. The van der Waals surface area contributed by atoms with Crippen LogP contribution in [0.25, 0.3) is 10.9 Å². The van der Waals surface area contributed by atoms with Gasteiger partial charge in [0.05, 0.1) is 24.2 Å². The van der Waals surface area contributed by atoms with Crippen molar-refractivity contribution in [2.24, 2.45) is 5.10 Å². The van der Waals surface area contributed by atoms with Crippen LogP contribution in [0.5, 0.6) is 23.0 Å². The summed E-state index contributed by atoms with van der Waals surface area (Å²) in [4.78, 5) is 18.5. The topological polar surface area (TPSA) is 84.2 Å². The molecule has 0 saturated heterocycles. The lowest BCUT2D eigenvalue weighted by Crippen LogP contribution is -2.25. The van der Waals surface area contributed by atoms with Crippen LogP contribution in [-0.4, -0.2) is 29.8 Å². The van der Waals surface area contributed by atoms with Crippen LogP contribution < -0.4 is 24.5 Å². The highest BCUT2D eigenvalue weighted by atomic mass is 79.9. The number of para-hydroxylation sites is 1. The third-order valence-corrected chi connectivity index (χ3v) is 7.61. The minimum absolute atomic E-state index is 0.179. The van der Waals surface area contributed by atoms with Crippen LogP contribution in [0, 0.1) is 0 Å². The van der Waals surface area contributed by atoms with Crippen molar-refractivity contribution in [1.82, 2.24) is 9.66 Å². The first-order chi connectivity index (χ1) is 19.1. The predicted octanol–water partition coefficient (Wildman–Crippen LogP) is 6.41. The van der Waals surface area contributed by atoms with Crippen molar-refractivity contribution in [2.45, 2.75) is 44.6 Å². The summed E-state index contributed by atoms with van der Waals surface area (Å²) >= 11 is 3.56. The molecule has 2 aliphatic rings. The number of aromatic nitrogens is 2. The van der Waals surface area contributed by atoms with E-state index in [4.69, 9.17) is 29.0 Å². The Morgan fingerprint density at radius 1 is 1.08 bits per heavy atom. The minimum atomic E-state index is -0.179. The first-order valence-corrected chi connectivity index (χ1v) is 13.8. The monoisotopic (exact) mass is 589 g/mol. The Morgan fingerprint density at radius 3 is 2.74 bits per heavy atom. The van der Waals surface area contributed by atoms with Gasteiger partial charge in [-0.25, -0.2) is 4.98 Å². The van der Waals surface area contributed by atoms with Crippen molar-refractivity contribution in [1.29, 1.82) is 0 Å². The first kappa shape index (κ1) is 25.4. The zero-order valence-electron chi connectivity index (χ0n) is 21.6. The van der Waals surface area contributed by atoms with Crippen molar-refractivity contribution < 1.29 is 18.9 Å². The Labute approximate surface area is 234 Å². The SMILES string of the molecule is COc1cc(Br)cc(C=Nn2c(C3CCCCC3)nc3ccccc3c2=O)c1OCc1ccc2c(c1)OCO2. The van der Waals surface area contributed by atoms with Crippen molar-refractivity contribution in [3.63, 3.8) is 0 Å². The quantitative estimate of drug-likeness (QED) is 0.232. The van der Waals surface area contributed by atoms with E-state index in [1.54, 1.807) is 19.4 Å². The molecule has 4 aromatic rings. The van der Waals surface area contributed by atoms with Gasteiger partial charge >= 0.3 is 0 Å². The molecule has 9 heteroatoms. The molecule has 0 bridgehead atoms. The van der Waals surface area contributed by atoms with Gasteiger partial charge in [-0.2, -0.15) is 9.78 Å². The smallest absolute Gasteiger partial charge is 0.282 e. The fraction of sp³-hybridized carbons (Fsp3) is 0.300. The van der Waals surface area contributed by atoms with E-state index in [0.29, 0.717) is 39.5 Å². The Bertz CT molecular complexity index is 1610. The molecule has 0 atom stereocenters. The van der Waals surface area contributed by atoms with E-state index in [-0.39, 0.29) is 24.9 Å². The maximum absolute atomic E-state index is 13.6. The molecule has 0 spiro atoms. The Balaban J connectivity index is 1.38. The third kappa shape index (κ3) is 5.23. The number of hydrogen-bond donors (Lipinski definition) is 0. The Morgan fingerprint density at radius 2 is 1.90 bits per heavy atom. The van der Waals surface area contributed by atoms with E-state index in [9.17, 15) is 4.79 Å². The molecule has 0 radical (unpaired) electrons. The van der Waals surface area contributed by atoms with E-state index in [1.807, 2.05) is 48.5 Å². The molecule has 39 heavy (non-hydrogen) atoms. The van der Waals surface area contributed by atoms with Crippen LogP contribution in [-0.2, 0) is 6.61 Å². The van der Waals surface area contributed by atoms with Crippen LogP contribution in [0.4, 0.5) is 0 Å². The van der Waals surface area contributed by atoms with Gasteiger partial charge in [-0.1, -0.05) is 53.4 Å². The average molecular weight is 590 g/mol. The maximum Gasteiger partial charge on any atom is 0.282 e. The summed E-state index contributed by atoms with van der Waals surface area (Å²) in [6.07, 6.45) is 7.09. The number of halogens is 1. The van der Waals surface area contributed by atoms with Gasteiger partial charge in [0.2, 0.25) is 6.79 Å². The third-order valence-electron chi connectivity index (χ3n) is 7.15. The summed E-state index contributed by atoms with van der Waals surface area (Å²) in [6, 6.07) is 16.9. The van der Waals surface area contributed by atoms with Gasteiger partial charge in [0.15, 0.2) is 23.0 Å². The van der Waals surface area contributed by atoms with Gasteiger partial charge in [0.25, 0.3) is 5.56 Å². The van der Waals surface area contributed by atoms with Gasteiger partial charge in [-0.05, 0) is 54.8 Å². The summed E-state index contributed by atoms with van der Waals surface area (Å²) < 4.78 is 25.1. The number of hydrogen-bond acceptors (Lipinski definition) is 7. The molecule has 6 rings (SSSR count). The van der Waals surface area contributed by atoms with Crippen molar-refractivity contribution in [2.75, 3.05) is 13.9 Å². The summed E-state index contributed by atoms with van der Waals surface area (Å²) in [5.41, 5.74) is 2.10. The zero-order chi connectivity index (χ0) is 26.8. The molecule has 1 aromatic heterocycles. The van der Waals surface area contributed by atoms with Gasteiger partial charge in [0, 0.05) is 16.0 Å². The van der Waals surface area contributed by atoms with Gasteiger partial charge in [-0.15, -0.1) is 0 Å². The largest absolute Gasteiger partial charge is 0.493 e. The molecular weight excluding hydrogens is 562 g/mol. The van der Waals surface area contributed by atoms with E-state index < -0.39 is 0 Å². The highest BCUT2D eigenvalue weighted by Crippen LogP contribution is 2.37. The van der Waals surface area contributed by atoms with Gasteiger partial charge < -0.3 is 18.9 Å². The lowest BCUT2D eigenvalue weighted by Gasteiger charge is -2.22. The molecular formula is C30H28BrN3O5. The number of fused-ring (bicyclic) bond motifs is 2. The van der Waals surface area contributed by atoms with Crippen LogP contribution in [0.1, 0.15) is 55.0 Å². The molecule has 1 fully saturated rings. The number of nitrogens with zero attached hydrogens (tertiary/aromatic N) is 3. The predicted molar refractivity (Wildman–Crippen MR) is 152 cm³/mol. The molecule has 1 aliphatic heterocycles. The lowest BCUT2D eigenvalue weighted by atomic mass is 9.88. The van der Waals surface area contributed by atoms with Crippen molar-refractivity contribution >= 4 is 33.0 Å². The highest BCUT2D eigenvalue weighted by Gasteiger charge is 2.23. The Kier molecular flexibility index (Phi) is 7.24. The zero-order valence-corrected chi connectivity index (χ0v) is 23.1. The lowest BCUT2D eigenvalue weighted by molar-refractivity contribution is 0.174. The normalized spacial score (nSPS) is 15.2. The van der Waals surface area contributed by atoms with Gasteiger partial charge in [0.1, 0.15) is 12.4 Å². The second-order valence-electron chi connectivity index (χ2n) is 9.69. The van der Waals surface area contributed by atoms with E-state index >= 15 is 0 Å². The van der Waals surface area contributed by atoms with E-state index in [1.165, 1.54) is 11.1 Å². The summed E-state index contributed by atoms with van der Waals surface area (Å²) in [5, 5.41) is 5.25. The molecule has 1 saturated carbocycles.